The summed E-state index contributed by atoms with van der Waals surface area (Å²) in [4.78, 5) is 3.97. The van der Waals surface area contributed by atoms with E-state index in [0.29, 0.717) is 5.56 Å². The van der Waals surface area contributed by atoms with Crippen LogP contribution < -0.4 is 4.31 Å². The second-order valence-corrected chi connectivity index (χ2v) is 9.61. The average Bonchev–Trinajstić information content (AvgIpc) is 3.45. The van der Waals surface area contributed by atoms with Crippen molar-refractivity contribution in [1.29, 1.82) is 0 Å². The number of H-pyrrole nitrogens is 1. The smallest absolute Gasteiger partial charge is 0.232 e. The van der Waals surface area contributed by atoms with Gasteiger partial charge in [-0.2, -0.15) is 5.10 Å². The molecule has 3 aromatic rings. The molecule has 1 saturated heterocycles. The Hall–Kier alpha value is -2.98. The van der Waals surface area contributed by atoms with Crippen LogP contribution in [0.15, 0.2) is 30.7 Å². The van der Waals surface area contributed by atoms with Gasteiger partial charge in [0, 0.05) is 12.6 Å². The summed E-state index contributed by atoms with van der Waals surface area (Å²) >= 11 is 0. The lowest BCUT2D eigenvalue weighted by Crippen LogP contribution is -2.53. The van der Waals surface area contributed by atoms with Crippen LogP contribution in [0.3, 0.4) is 0 Å². The average molecular weight is 483 g/mol. The molecule has 1 aromatic carbocycles. The van der Waals surface area contributed by atoms with E-state index in [1.54, 1.807) is 0 Å². The van der Waals surface area contributed by atoms with E-state index in [2.05, 4.69) is 25.5 Å². The Morgan fingerprint density at radius 3 is 2.67 bits per heavy atom. The molecule has 0 spiro atoms. The number of aliphatic hydroxyl groups excluding tert-OH is 3. The third-order valence-corrected chi connectivity index (χ3v) is 6.68. The van der Waals surface area contributed by atoms with E-state index >= 15 is 0 Å². The highest BCUT2D eigenvalue weighted by atomic mass is 32.2. The quantitative estimate of drug-likeness (QED) is 0.339. The van der Waals surface area contributed by atoms with E-state index in [1.165, 1.54) is 36.4 Å². The Morgan fingerprint density at radius 1 is 1.30 bits per heavy atom. The Kier molecular flexibility index (Phi) is 6.15. The van der Waals surface area contributed by atoms with E-state index in [9.17, 15) is 28.1 Å². The zero-order valence-corrected chi connectivity index (χ0v) is 18.3. The summed E-state index contributed by atoms with van der Waals surface area (Å²) in [5, 5.41) is 45.4. The summed E-state index contributed by atoms with van der Waals surface area (Å²) in [7, 11) is -2.41. The maximum Gasteiger partial charge on any atom is 0.232 e. The standard InChI is InChI=1S/C18H22FN7O6S/c1-25(33(2,30)31)12-4-3-9(5-10(12)19)11-6-26(24-22-11)14-15(28)13(7-27)32-17(16(14)29)18-20-8-21-23-18/h3-6,8,13-17,27-29H,7H2,1-2H3,(H,20,21,23)/t13-,14?,15+,16-,17-/m1/s1. The molecule has 5 atom stereocenters. The number of anilines is 1. The number of nitrogens with zero attached hydrogens (tertiary/aromatic N) is 6. The van der Waals surface area contributed by atoms with Gasteiger partial charge in [-0.05, 0) is 12.1 Å². The molecule has 178 valence electrons. The molecule has 0 aliphatic carbocycles. The molecule has 0 saturated carbocycles. The normalized spacial score (nSPS) is 25.8. The van der Waals surface area contributed by atoms with Gasteiger partial charge in [-0.1, -0.05) is 11.3 Å². The fourth-order valence-corrected chi connectivity index (χ4v) is 4.15. The van der Waals surface area contributed by atoms with Gasteiger partial charge in [0.1, 0.15) is 48.3 Å². The lowest BCUT2D eigenvalue weighted by atomic mass is 9.92. The predicted molar refractivity (Wildman–Crippen MR) is 111 cm³/mol. The molecule has 0 bridgehead atoms. The van der Waals surface area contributed by atoms with Crippen LogP contribution in [0.25, 0.3) is 11.3 Å². The van der Waals surface area contributed by atoms with Crippen molar-refractivity contribution in [1.82, 2.24) is 30.2 Å². The van der Waals surface area contributed by atoms with E-state index < -0.39 is 52.9 Å². The van der Waals surface area contributed by atoms with Gasteiger partial charge in [0.25, 0.3) is 0 Å². The Labute approximate surface area is 187 Å². The minimum atomic E-state index is -3.65. The molecule has 1 unspecified atom stereocenters. The summed E-state index contributed by atoms with van der Waals surface area (Å²) in [5.74, 6) is -0.585. The SMILES string of the molecule is CN(c1ccc(-c2cn(C3[C@@H](O)[C@@H](CO)O[C@@H](c4ncn[nH]4)[C@@H]3O)nn2)cc1F)S(C)(=O)=O. The molecule has 33 heavy (non-hydrogen) atoms. The maximum atomic E-state index is 14.6. The number of aromatic amines is 1. The lowest BCUT2D eigenvalue weighted by Gasteiger charge is -2.41. The van der Waals surface area contributed by atoms with Gasteiger partial charge in [0.05, 0.1) is 24.7 Å². The molecule has 0 radical (unpaired) electrons. The first kappa shape index (κ1) is 23.2. The van der Waals surface area contributed by atoms with Crippen molar-refractivity contribution in [3.05, 3.63) is 42.4 Å². The minimum absolute atomic E-state index is 0.135. The summed E-state index contributed by atoms with van der Waals surface area (Å²) < 4.78 is 45.6. The zero-order chi connectivity index (χ0) is 23.9. The number of rotatable bonds is 6. The number of nitrogens with one attached hydrogen (secondary N) is 1. The van der Waals surface area contributed by atoms with Crippen LogP contribution in [-0.2, 0) is 14.8 Å². The molecular weight excluding hydrogens is 461 g/mol. The van der Waals surface area contributed by atoms with Gasteiger partial charge in [0.15, 0.2) is 5.82 Å². The number of aromatic nitrogens is 6. The zero-order valence-electron chi connectivity index (χ0n) is 17.5. The van der Waals surface area contributed by atoms with Gasteiger partial charge in [-0.15, -0.1) is 5.10 Å². The van der Waals surface area contributed by atoms with E-state index in [1.807, 2.05) is 0 Å². The van der Waals surface area contributed by atoms with E-state index in [0.717, 1.165) is 16.6 Å². The molecule has 1 aliphatic heterocycles. The van der Waals surface area contributed by atoms with Crippen LogP contribution in [-0.4, -0.2) is 92.1 Å². The molecule has 4 N–H and O–H groups in total. The van der Waals surface area contributed by atoms with Crippen LogP contribution in [0.5, 0.6) is 0 Å². The van der Waals surface area contributed by atoms with Crippen LogP contribution in [0.2, 0.25) is 0 Å². The number of benzene rings is 1. The number of ether oxygens (including phenoxy) is 1. The topological polar surface area (TPSA) is 180 Å². The van der Waals surface area contributed by atoms with Gasteiger partial charge < -0.3 is 20.1 Å². The molecule has 0 amide bonds. The summed E-state index contributed by atoms with van der Waals surface area (Å²) in [6.45, 7) is -0.531. The third kappa shape index (κ3) is 4.32. The summed E-state index contributed by atoms with van der Waals surface area (Å²) in [5.41, 5.74) is 0.376. The molecule has 15 heteroatoms. The Bertz CT molecular complexity index is 1220. The summed E-state index contributed by atoms with van der Waals surface area (Å²) in [6, 6.07) is 2.80. The predicted octanol–water partition coefficient (Wildman–Crippen LogP) is -1.01. The molecule has 1 fully saturated rings. The maximum absolute atomic E-state index is 14.6. The van der Waals surface area contributed by atoms with Gasteiger partial charge in [0.2, 0.25) is 10.0 Å². The van der Waals surface area contributed by atoms with Crippen LogP contribution >= 0.6 is 0 Å². The number of halogens is 1. The highest BCUT2D eigenvalue weighted by molar-refractivity contribution is 7.92. The lowest BCUT2D eigenvalue weighted by molar-refractivity contribution is -0.210. The molecule has 2 aromatic heterocycles. The van der Waals surface area contributed by atoms with Crippen molar-refractivity contribution in [2.75, 3.05) is 24.2 Å². The number of hydrogen-bond acceptors (Lipinski definition) is 10. The first-order chi connectivity index (χ1) is 15.6. The molecular formula is C18H22FN7O6S. The first-order valence-corrected chi connectivity index (χ1v) is 11.6. The van der Waals surface area contributed by atoms with Crippen molar-refractivity contribution >= 4 is 15.7 Å². The monoisotopic (exact) mass is 483 g/mol. The third-order valence-electron chi connectivity index (χ3n) is 5.49. The van der Waals surface area contributed by atoms with Crippen LogP contribution in [0.1, 0.15) is 18.0 Å². The van der Waals surface area contributed by atoms with Gasteiger partial charge >= 0.3 is 0 Å². The highest BCUT2D eigenvalue weighted by Crippen LogP contribution is 2.37. The Morgan fingerprint density at radius 2 is 2.06 bits per heavy atom. The molecule has 13 nitrogen and oxygen atoms in total. The van der Waals surface area contributed by atoms with Crippen molar-refractivity contribution in [3.8, 4) is 11.3 Å². The first-order valence-electron chi connectivity index (χ1n) is 9.75. The van der Waals surface area contributed by atoms with Gasteiger partial charge in [-0.25, -0.2) is 22.5 Å². The number of hydrogen-bond donors (Lipinski definition) is 4. The fourth-order valence-electron chi connectivity index (χ4n) is 3.65. The largest absolute Gasteiger partial charge is 0.394 e. The van der Waals surface area contributed by atoms with Gasteiger partial charge in [-0.3, -0.25) is 9.40 Å². The van der Waals surface area contributed by atoms with E-state index in [4.69, 9.17) is 4.74 Å². The molecule has 4 rings (SSSR count). The molecule has 1 aliphatic rings. The Balaban J connectivity index is 1.65. The van der Waals surface area contributed by atoms with Crippen molar-refractivity contribution in [2.45, 2.75) is 30.5 Å². The number of sulfonamides is 1. The van der Waals surface area contributed by atoms with Crippen LogP contribution in [0.4, 0.5) is 10.1 Å². The number of aliphatic hydroxyl groups is 3. The highest BCUT2D eigenvalue weighted by Gasteiger charge is 2.47. The second kappa shape index (κ2) is 8.75. The second-order valence-electron chi connectivity index (χ2n) is 7.60. The fraction of sp³-hybridized carbons (Fsp3) is 0.444. The minimum Gasteiger partial charge on any atom is -0.394 e. The van der Waals surface area contributed by atoms with Crippen molar-refractivity contribution < 1.29 is 32.9 Å². The molecule has 3 heterocycles. The van der Waals surface area contributed by atoms with Crippen molar-refractivity contribution in [3.63, 3.8) is 0 Å². The van der Waals surface area contributed by atoms with Crippen LogP contribution in [0, 0.1) is 5.82 Å². The van der Waals surface area contributed by atoms with Crippen molar-refractivity contribution in [2.24, 2.45) is 0 Å². The summed E-state index contributed by atoms with van der Waals surface area (Å²) in [6.07, 6.45) is -1.19. The van der Waals surface area contributed by atoms with E-state index in [-0.39, 0.29) is 17.2 Å².